The zero-order valence-electron chi connectivity index (χ0n) is 17.4. The van der Waals surface area contributed by atoms with E-state index in [1.165, 1.54) is 0 Å². The molecular weight excluding hydrogens is 473 g/mol. The molecule has 4 rings (SSSR count). The van der Waals surface area contributed by atoms with Crippen molar-refractivity contribution < 1.29 is 32.0 Å². The van der Waals surface area contributed by atoms with Gasteiger partial charge in [0, 0.05) is 0 Å². The van der Waals surface area contributed by atoms with Crippen LogP contribution >= 0.6 is 0 Å². The van der Waals surface area contributed by atoms with E-state index in [-0.39, 0.29) is 12.4 Å². The van der Waals surface area contributed by atoms with E-state index in [1.54, 1.807) is 6.08 Å². The first-order valence-electron chi connectivity index (χ1n) is 10.6. The molecule has 0 saturated carbocycles. The number of benzene rings is 3. The molecule has 159 valence electrons. The van der Waals surface area contributed by atoms with E-state index in [9.17, 15) is 0 Å². The van der Waals surface area contributed by atoms with E-state index in [2.05, 4.69) is 0 Å². The van der Waals surface area contributed by atoms with Crippen LogP contribution in [0.3, 0.4) is 0 Å². The third kappa shape index (κ3) is 4.15. The Balaban J connectivity index is 2.00. The molecule has 31 heavy (non-hydrogen) atoms. The molecule has 0 N–H and O–H groups in total. The molecule has 0 fully saturated rings. The van der Waals surface area contributed by atoms with Gasteiger partial charge >= 0.3 is 184 Å². The molecule has 0 amide bonds. The van der Waals surface area contributed by atoms with Crippen molar-refractivity contribution in [2.75, 3.05) is 0 Å². The van der Waals surface area contributed by atoms with Crippen molar-refractivity contribution in [1.29, 1.82) is 0 Å². The van der Waals surface area contributed by atoms with Crippen molar-refractivity contribution >= 4 is 0 Å². The zero-order valence-corrected chi connectivity index (χ0v) is 19.8. The third-order valence-corrected chi connectivity index (χ3v) is 24.8. The molecule has 3 aromatic rings. The van der Waals surface area contributed by atoms with Crippen LogP contribution < -0.4 is 0 Å². The normalized spacial score (nSPS) is 15.3. The molecule has 0 saturated heterocycles. The van der Waals surface area contributed by atoms with Gasteiger partial charge < -0.3 is 0 Å². The van der Waals surface area contributed by atoms with Crippen molar-refractivity contribution in [2.24, 2.45) is 0 Å². The molecule has 1 aliphatic carbocycles. The minimum atomic E-state index is -5.81. The van der Waals surface area contributed by atoms with E-state index in [1.807, 2.05) is 103 Å². The van der Waals surface area contributed by atoms with Crippen molar-refractivity contribution in [1.82, 2.24) is 0 Å². The number of rotatable bonds is 7. The summed E-state index contributed by atoms with van der Waals surface area (Å²) < 4.78 is 44.0. The molecule has 1 aliphatic rings. The molecule has 0 nitrogen and oxygen atoms in total. The molecule has 0 aromatic heterocycles. The summed E-state index contributed by atoms with van der Waals surface area (Å²) in [6.07, 6.45) is 5.88. The first-order valence-corrected chi connectivity index (χ1v) is 18.3. The second-order valence-corrected chi connectivity index (χ2v) is 23.8. The van der Waals surface area contributed by atoms with E-state index in [0.29, 0.717) is 9.70 Å². The average Bonchev–Trinajstić information content (AvgIpc) is 3.31. The molecule has 0 atom stereocenters. The Morgan fingerprint density at radius 2 is 1.00 bits per heavy atom. The van der Waals surface area contributed by atoms with Crippen LogP contribution in [0.2, 0.25) is 0 Å². The summed E-state index contributed by atoms with van der Waals surface area (Å²) >= 11 is -5.81. The van der Waals surface area contributed by atoms with Gasteiger partial charge in [0.1, 0.15) is 0 Å². The van der Waals surface area contributed by atoms with Crippen molar-refractivity contribution in [3.63, 3.8) is 0 Å². The second kappa shape index (κ2) is 8.75. The van der Waals surface area contributed by atoms with Crippen LogP contribution in [-0.4, -0.2) is 3.88 Å². The van der Waals surface area contributed by atoms with Crippen LogP contribution in [0.5, 0.6) is 0 Å². The monoisotopic (exact) mass is 497 g/mol. The van der Waals surface area contributed by atoms with Gasteiger partial charge in [-0.1, -0.05) is 0 Å². The van der Waals surface area contributed by atoms with Gasteiger partial charge in [-0.3, -0.25) is 0 Å². The summed E-state index contributed by atoms with van der Waals surface area (Å²) in [6, 6.07) is 27.9. The molecule has 0 unspecified atom stereocenters. The standard InChI is InChI=1S/3C7H7.C5H5.CF3.Zr/c3*1-7-5-3-2-4-6-7;1-2-4-5-3-1;2-1(3)4;/h3*2-6H,1H2;1-3H,4H2;;. The first-order chi connectivity index (χ1) is 14.9. The Morgan fingerprint density at radius 1 is 0.613 bits per heavy atom. The number of allylic oxidation sites excluding steroid dienone is 4. The van der Waals surface area contributed by atoms with Gasteiger partial charge in [0.25, 0.3) is 0 Å². The third-order valence-electron chi connectivity index (χ3n) is 6.78. The Bertz CT molecular complexity index is 964. The SMILES string of the molecule is F[C](F)(F)[Zr]([CH2]c1ccccc1)([CH2]c1ccccc1)([CH2]c1ccccc1)[C]1=CC=CC1. The number of hydrogen-bond donors (Lipinski definition) is 0. The van der Waals surface area contributed by atoms with Gasteiger partial charge in [-0.05, 0) is 0 Å². The Morgan fingerprint density at radius 3 is 1.29 bits per heavy atom. The Labute approximate surface area is 183 Å². The predicted molar refractivity (Wildman–Crippen MR) is 118 cm³/mol. The number of halogens is 3. The zero-order chi connectivity index (χ0) is 21.8. The molecule has 0 spiro atoms. The molecule has 0 bridgehead atoms. The predicted octanol–water partition coefficient (Wildman–Crippen LogP) is 7.64. The molecule has 0 radical (unpaired) electrons. The van der Waals surface area contributed by atoms with Crippen molar-refractivity contribution in [3.05, 3.63) is 129 Å². The summed E-state index contributed by atoms with van der Waals surface area (Å²) in [4.78, 5) is 0. The van der Waals surface area contributed by atoms with Gasteiger partial charge in [0.15, 0.2) is 0 Å². The Kier molecular flexibility index (Phi) is 6.21. The van der Waals surface area contributed by atoms with Gasteiger partial charge in [0.05, 0.1) is 0 Å². The van der Waals surface area contributed by atoms with E-state index in [0.717, 1.165) is 16.7 Å². The van der Waals surface area contributed by atoms with E-state index >= 15 is 13.2 Å². The fourth-order valence-electron chi connectivity index (χ4n) is 5.21. The summed E-state index contributed by atoms with van der Waals surface area (Å²) in [6.45, 7) is 0. The average molecular weight is 499 g/mol. The summed E-state index contributed by atoms with van der Waals surface area (Å²) in [7, 11) is 0. The van der Waals surface area contributed by atoms with E-state index in [4.69, 9.17) is 0 Å². The van der Waals surface area contributed by atoms with Crippen LogP contribution in [0.25, 0.3) is 0 Å². The van der Waals surface area contributed by atoms with Crippen LogP contribution in [-0.2, 0) is 31.2 Å². The molecule has 3 aromatic carbocycles. The van der Waals surface area contributed by atoms with E-state index < -0.39 is 22.7 Å². The van der Waals surface area contributed by atoms with Gasteiger partial charge in [0.2, 0.25) is 0 Å². The van der Waals surface area contributed by atoms with Crippen LogP contribution in [0.4, 0.5) is 13.2 Å². The first kappa shape index (κ1) is 22.0. The van der Waals surface area contributed by atoms with Crippen molar-refractivity contribution in [3.8, 4) is 0 Å². The summed E-state index contributed by atoms with van der Waals surface area (Å²) in [5.41, 5.74) is 2.35. The van der Waals surface area contributed by atoms with Crippen LogP contribution in [0, 0.1) is 0 Å². The minimum absolute atomic E-state index is 0.100. The maximum absolute atomic E-state index is 15.8. The number of hydrogen-bond acceptors (Lipinski definition) is 0. The summed E-state index contributed by atoms with van der Waals surface area (Å²) in [5.74, 6) is 0. The van der Waals surface area contributed by atoms with Crippen LogP contribution in [0.1, 0.15) is 23.1 Å². The molecule has 0 heterocycles. The van der Waals surface area contributed by atoms with Gasteiger partial charge in [-0.25, -0.2) is 0 Å². The van der Waals surface area contributed by atoms with Crippen molar-refractivity contribution in [2.45, 2.75) is 22.7 Å². The topological polar surface area (TPSA) is 0 Å². The quantitative estimate of drug-likeness (QED) is 0.314. The van der Waals surface area contributed by atoms with Gasteiger partial charge in [-0.15, -0.1) is 0 Å². The second-order valence-electron chi connectivity index (χ2n) is 8.74. The fraction of sp³-hybridized carbons (Fsp3) is 0.185. The van der Waals surface area contributed by atoms with Crippen LogP contribution in [0.15, 0.2) is 113 Å². The Hall–Kier alpha value is -2.19. The molecular formula is C27H26F3Zr. The van der Waals surface area contributed by atoms with Gasteiger partial charge in [-0.2, -0.15) is 0 Å². The fourth-order valence-corrected chi connectivity index (χ4v) is 22.1. The summed E-state index contributed by atoms with van der Waals surface area (Å²) in [5, 5.41) is 0. The maximum atomic E-state index is 15.8. The number of alkyl halides is 3. The molecule has 0 aliphatic heterocycles. The molecule has 4 heteroatoms.